The number of nitrogens with two attached hydrogens (primary N) is 1. The van der Waals surface area contributed by atoms with Crippen LogP contribution in [0.25, 0.3) is 0 Å². The van der Waals surface area contributed by atoms with Crippen molar-refractivity contribution in [3.63, 3.8) is 0 Å². The summed E-state index contributed by atoms with van der Waals surface area (Å²) in [5, 5.41) is 0. The molecule has 2 nitrogen and oxygen atoms in total. The van der Waals surface area contributed by atoms with E-state index < -0.39 is 0 Å². The van der Waals surface area contributed by atoms with Crippen LogP contribution in [0.1, 0.15) is 25.6 Å². The lowest BCUT2D eigenvalue weighted by Gasteiger charge is -2.14. The van der Waals surface area contributed by atoms with Gasteiger partial charge in [0, 0.05) is 6.04 Å². The Morgan fingerprint density at radius 3 is 2.58 bits per heavy atom. The first-order valence-corrected chi connectivity index (χ1v) is 4.78. The van der Waals surface area contributed by atoms with Gasteiger partial charge >= 0.3 is 0 Å². The maximum atomic E-state index is 5.92. The minimum absolute atomic E-state index is 0.0301. The lowest BCUT2D eigenvalue weighted by Crippen LogP contribution is -2.17. The Bertz CT molecular complexity index is 260. The van der Waals surface area contributed by atoms with Crippen LogP contribution in [0.3, 0.4) is 0 Å². The first-order chi connectivity index (χ1) is 5.61. The Kier molecular flexibility index (Phi) is 3.23. The molecule has 1 rings (SSSR count). The second-order valence-corrected chi connectivity index (χ2v) is 3.97. The first-order valence-electron chi connectivity index (χ1n) is 3.99. The summed E-state index contributed by atoms with van der Waals surface area (Å²) in [5.41, 5.74) is 6.87. The van der Waals surface area contributed by atoms with Gasteiger partial charge in [0.15, 0.2) is 0 Å². The Labute approximate surface area is 81.3 Å². The molecule has 0 aliphatic rings. The van der Waals surface area contributed by atoms with E-state index in [0.29, 0.717) is 5.92 Å². The quantitative estimate of drug-likeness (QED) is 0.791. The molecule has 0 bridgehead atoms. The SMILES string of the molecule is CC(C)[C@H](N)c1cccc(Br)n1. The summed E-state index contributed by atoms with van der Waals surface area (Å²) in [4.78, 5) is 4.29. The second kappa shape index (κ2) is 4.01. The third-order valence-corrected chi connectivity index (χ3v) is 2.24. The highest BCUT2D eigenvalue weighted by Gasteiger charge is 2.11. The van der Waals surface area contributed by atoms with E-state index in [1.807, 2.05) is 18.2 Å². The van der Waals surface area contributed by atoms with Crippen molar-refractivity contribution >= 4 is 15.9 Å². The van der Waals surface area contributed by atoms with Crippen molar-refractivity contribution in [2.24, 2.45) is 11.7 Å². The fraction of sp³-hybridized carbons (Fsp3) is 0.444. The van der Waals surface area contributed by atoms with Gasteiger partial charge in [-0.2, -0.15) is 0 Å². The van der Waals surface area contributed by atoms with Gasteiger partial charge in [0.05, 0.1) is 5.69 Å². The van der Waals surface area contributed by atoms with E-state index in [4.69, 9.17) is 5.73 Å². The Hall–Kier alpha value is -0.410. The average Bonchev–Trinajstić information content (AvgIpc) is 2.03. The van der Waals surface area contributed by atoms with Gasteiger partial charge in [-0.3, -0.25) is 0 Å². The van der Waals surface area contributed by atoms with Gasteiger partial charge in [-0.25, -0.2) is 4.98 Å². The van der Waals surface area contributed by atoms with Crippen molar-refractivity contribution in [2.45, 2.75) is 19.9 Å². The van der Waals surface area contributed by atoms with Gasteiger partial charge in [0.2, 0.25) is 0 Å². The number of aromatic nitrogens is 1. The fourth-order valence-corrected chi connectivity index (χ4v) is 1.31. The highest BCUT2D eigenvalue weighted by Crippen LogP contribution is 2.18. The van der Waals surface area contributed by atoms with Crippen LogP contribution in [0.15, 0.2) is 22.8 Å². The van der Waals surface area contributed by atoms with Crippen LogP contribution in [0.5, 0.6) is 0 Å². The molecule has 3 heteroatoms. The molecule has 66 valence electrons. The minimum Gasteiger partial charge on any atom is -0.322 e. The van der Waals surface area contributed by atoms with Gasteiger partial charge in [-0.15, -0.1) is 0 Å². The van der Waals surface area contributed by atoms with E-state index in [1.165, 1.54) is 0 Å². The highest BCUT2D eigenvalue weighted by molar-refractivity contribution is 9.10. The normalized spacial score (nSPS) is 13.4. The van der Waals surface area contributed by atoms with Crippen molar-refractivity contribution < 1.29 is 0 Å². The zero-order chi connectivity index (χ0) is 9.14. The summed E-state index contributed by atoms with van der Waals surface area (Å²) >= 11 is 3.31. The van der Waals surface area contributed by atoms with E-state index in [1.54, 1.807) is 0 Å². The number of pyridine rings is 1. The van der Waals surface area contributed by atoms with E-state index in [9.17, 15) is 0 Å². The molecule has 0 aliphatic carbocycles. The Balaban J connectivity index is 2.88. The van der Waals surface area contributed by atoms with E-state index in [-0.39, 0.29) is 6.04 Å². The summed E-state index contributed by atoms with van der Waals surface area (Å²) in [6.07, 6.45) is 0. The lowest BCUT2D eigenvalue weighted by atomic mass is 10.0. The van der Waals surface area contributed by atoms with Crippen molar-refractivity contribution in [2.75, 3.05) is 0 Å². The molecule has 1 atom stereocenters. The number of nitrogens with zero attached hydrogens (tertiary/aromatic N) is 1. The number of hydrogen-bond donors (Lipinski definition) is 1. The molecule has 2 N–H and O–H groups in total. The van der Waals surface area contributed by atoms with Crippen molar-refractivity contribution in [3.8, 4) is 0 Å². The number of hydrogen-bond acceptors (Lipinski definition) is 2. The molecular weight excluding hydrogens is 216 g/mol. The maximum absolute atomic E-state index is 5.92. The van der Waals surface area contributed by atoms with Crippen LogP contribution in [-0.4, -0.2) is 4.98 Å². The summed E-state index contributed by atoms with van der Waals surface area (Å²) in [5.74, 6) is 0.423. The zero-order valence-corrected chi connectivity index (χ0v) is 8.88. The predicted molar refractivity (Wildman–Crippen MR) is 53.7 cm³/mol. The topological polar surface area (TPSA) is 38.9 Å². The van der Waals surface area contributed by atoms with Crippen LogP contribution in [0, 0.1) is 5.92 Å². The standard InChI is InChI=1S/C9H13BrN2/c1-6(2)9(11)7-4-3-5-8(10)12-7/h3-6,9H,11H2,1-2H3/t9-/m0/s1. The van der Waals surface area contributed by atoms with Crippen molar-refractivity contribution in [1.82, 2.24) is 4.98 Å². The smallest absolute Gasteiger partial charge is 0.106 e. The van der Waals surface area contributed by atoms with Gasteiger partial charge in [-0.1, -0.05) is 19.9 Å². The maximum Gasteiger partial charge on any atom is 0.106 e. The van der Waals surface area contributed by atoms with Gasteiger partial charge in [0.1, 0.15) is 4.60 Å². The van der Waals surface area contributed by atoms with Crippen LogP contribution in [0.2, 0.25) is 0 Å². The molecule has 0 saturated carbocycles. The molecule has 0 amide bonds. The van der Waals surface area contributed by atoms with Crippen LogP contribution < -0.4 is 5.73 Å². The molecular formula is C9H13BrN2. The lowest BCUT2D eigenvalue weighted by molar-refractivity contribution is 0.502. The third kappa shape index (κ3) is 2.29. The van der Waals surface area contributed by atoms with Gasteiger partial charge in [-0.05, 0) is 34.0 Å². The summed E-state index contributed by atoms with van der Waals surface area (Å²) < 4.78 is 0.844. The molecule has 12 heavy (non-hydrogen) atoms. The summed E-state index contributed by atoms with van der Waals surface area (Å²) in [7, 11) is 0. The molecule has 0 aromatic carbocycles. The molecule has 1 aromatic rings. The van der Waals surface area contributed by atoms with Gasteiger partial charge < -0.3 is 5.73 Å². The molecule has 0 saturated heterocycles. The summed E-state index contributed by atoms with van der Waals surface area (Å²) in [6.45, 7) is 4.18. The molecule has 0 aliphatic heterocycles. The fourth-order valence-electron chi connectivity index (χ4n) is 0.951. The third-order valence-electron chi connectivity index (χ3n) is 1.80. The Morgan fingerprint density at radius 2 is 2.08 bits per heavy atom. The van der Waals surface area contributed by atoms with E-state index in [2.05, 4.69) is 34.8 Å². The molecule has 0 unspecified atom stereocenters. The molecule has 0 spiro atoms. The monoisotopic (exact) mass is 228 g/mol. The largest absolute Gasteiger partial charge is 0.322 e. The molecule has 1 heterocycles. The minimum atomic E-state index is 0.0301. The van der Waals surface area contributed by atoms with Gasteiger partial charge in [0.25, 0.3) is 0 Å². The van der Waals surface area contributed by atoms with E-state index in [0.717, 1.165) is 10.3 Å². The van der Waals surface area contributed by atoms with E-state index >= 15 is 0 Å². The van der Waals surface area contributed by atoms with Crippen molar-refractivity contribution in [3.05, 3.63) is 28.5 Å². The van der Waals surface area contributed by atoms with Crippen LogP contribution >= 0.6 is 15.9 Å². The molecule has 0 fully saturated rings. The number of rotatable bonds is 2. The van der Waals surface area contributed by atoms with Crippen LogP contribution in [0.4, 0.5) is 0 Å². The summed E-state index contributed by atoms with van der Waals surface area (Å²) in [6, 6.07) is 5.84. The zero-order valence-electron chi connectivity index (χ0n) is 7.29. The predicted octanol–water partition coefficient (Wildman–Crippen LogP) is 2.50. The van der Waals surface area contributed by atoms with Crippen LogP contribution in [-0.2, 0) is 0 Å². The number of halogens is 1. The second-order valence-electron chi connectivity index (χ2n) is 3.15. The molecule has 0 radical (unpaired) electrons. The first kappa shape index (κ1) is 9.68. The Morgan fingerprint density at radius 1 is 1.42 bits per heavy atom. The average molecular weight is 229 g/mol. The van der Waals surface area contributed by atoms with Crippen molar-refractivity contribution in [1.29, 1.82) is 0 Å². The molecule has 1 aromatic heterocycles. The highest BCUT2D eigenvalue weighted by atomic mass is 79.9.